The summed E-state index contributed by atoms with van der Waals surface area (Å²) in [5.74, 6) is 5.70. The van der Waals surface area contributed by atoms with Crippen molar-refractivity contribution in [1.29, 1.82) is 0 Å². The van der Waals surface area contributed by atoms with Crippen LogP contribution in [0.1, 0.15) is 31.6 Å². The van der Waals surface area contributed by atoms with Gasteiger partial charge in [-0.15, -0.1) is 23.2 Å². The predicted molar refractivity (Wildman–Crippen MR) is 49.8 cm³/mol. The predicted octanol–water partition coefficient (Wildman–Crippen LogP) is 1.98. The van der Waals surface area contributed by atoms with Gasteiger partial charge in [0.1, 0.15) is 0 Å². The first kappa shape index (κ1) is 9.24. The van der Waals surface area contributed by atoms with Gasteiger partial charge in [-0.3, -0.25) is 0 Å². The summed E-state index contributed by atoms with van der Waals surface area (Å²) in [6.45, 7) is 1.80. The molecule has 1 unspecified atom stereocenters. The first-order chi connectivity index (χ1) is 5.84. The van der Waals surface area contributed by atoms with Crippen molar-refractivity contribution in [3.63, 3.8) is 0 Å². The van der Waals surface area contributed by atoms with Gasteiger partial charge in [-0.25, -0.2) is 4.98 Å². The van der Waals surface area contributed by atoms with Crippen molar-refractivity contribution in [1.82, 2.24) is 4.98 Å². The number of thiazole rings is 1. The van der Waals surface area contributed by atoms with Gasteiger partial charge in [0.15, 0.2) is 0 Å². The maximum Gasteiger partial charge on any atom is 0.0977 e. The van der Waals surface area contributed by atoms with Gasteiger partial charge in [-0.1, -0.05) is 0 Å². The van der Waals surface area contributed by atoms with Crippen LogP contribution in [0, 0.1) is 11.8 Å². The van der Waals surface area contributed by atoms with E-state index in [1.165, 1.54) is 11.3 Å². The fourth-order valence-electron chi connectivity index (χ4n) is 0.868. The molecule has 3 heteroatoms. The summed E-state index contributed by atoms with van der Waals surface area (Å²) in [6, 6.07) is 0. The number of aromatic nitrogens is 1. The Hall–Kier alpha value is -0.850. The van der Waals surface area contributed by atoms with Crippen LogP contribution in [0.5, 0.6) is 0 Å². The molecule has 64 valence electrons. The van der Waals surface area contributed by atoms with Crippen LogP contribution in [0.3, 0.4) is 0 Å². The summed E-state index contributed by atoms with van der Waals surface area (Å²) < 4.78 is 0. The molecular weight excluding hydrogens is 170 g/mol. The van der Waals surface area contributed by atoms with Crippen molar-refractivity contribution in [2.75, 3.05) is 0 Å². The standard InChI is InChI=1S/C9H11NOS/c1-2-3-4-5-9(11)8-6-12-7-10-8/h6-7,9,11H,4-5H2,1H3. The second-order valence-electron chi connectivity index (χ2n) is 2.39. The molecule has 0 fully saturated rings. The van der Waals surface area contributed by atoms with E-state index in [9.17, 15) is 5.11 Å². The smallest absolute Gasteiger partial charge is 0.0977 e. The molecule has 0 aliphatic rings. The summed E-state index contributed by atoms with van der Waals surface area (Å²) in [6.07, 6.45) is 0.955. The zero-order valence-electron chi connectivity index (χ0n) is 6.95. The third-order valence-electron chi connectivity index (χ3n) is 1.51. The highest BCUT2D eigenvalue weighted by Gasteiger charge is 2.07. The molecule has 0 aliphatic heterocycles. The van der Waals surface area contributed by atoms with Crippen molar-refractivity contribution >= 4 is 11.3 Å². The first-order valence-corrected chi connectivity index (χ1v) is 4.74. The number of aliphatic hydroxyl groups is 1. The van der Waals surface area contributed by atoms with E-state index in [-0.39, 0.29) is 0 Å². The zero-order chi connectivity index (χ0) is 8.81. The number of rotatable bonds is 3. The Morgan fingerprint density at radius 3 is 3.17 bits per heavy atom. The van der Waals surface area contributed by atoms with Crippen molar-refractivity contribution in [3.05, 3.63) is 16.6 Å². The van der Waals surface area contributed by atoms with Gasteiger partial charge in [-0.2, -0.15) is 0 Å². The van der Waals surface area contributed by atoms with Crippen LogP contribution in [-0.4, -0.2) is 10.1 Å². The monoisotopic (exact) mass is 181 g/mol. The molecule has 0 radical (unpaired) electrons. The van der Waals surface area contributed by atoms with Gasteiger partial charge < -0.3 is 5.11 Å². The summed E-state index contributed by atoms with van der Waals surface area (Å²) in [4.78, 5) is 4.02. The highest BCUT2D eigenvalue weighted by molar-refractivity contribution is 7.07. The Bertz CT molecular complexity index is 270. The minimum atomic E-state index is -0.447. The maximum atomic E-state index is 9.51. The lowest BCUT2D eigenvalue weighted by Crippen LogP contribution is -1.96. The summed E-state index contributed by atoms with van der Waals surface area (Å²) >= 11 is 1.50. The molecule has 1 rings (SSSR count). The van der Waals surface area contributed by atoms with E-state index in [0.717, 1.165) is 12.1 Å². The molecule has 0 amide bonds. The van der Waals surface area contributed by atoms with Crippen molar-refractivity contribution in [2.45, 2.75) is 25.9 Å². The Labute approximate surface area is 76.3 Å². The molecule has 0 spiro atoms. The molecule has 1 heterocycles. The molecule has 0 saturated carbocycles. The molecule has 12 heavy (non-hydrogen) atoms. The molecule has 1 aromatic rings. The lowest BCUT2D eigenvalue weighted by atomic mass is 10.1. The molecule has 2 nitrogen and oxygen atoms in total. The lowest BCUT2D eigenvalue weighted by molar-refractivity contribution is 0.165. The van der Waals surface area contributed by atoms with Crippen LogP contribution in [-0.2, 0) is 0 Å². The largest absolute Gasteiger partial charge is 0.387 e. The van der Waals surface area contributed by atoms with Crippen LogP contribution in [0.2, 0.25) is 0 Å². The second kappa shape index (κ2) is 4.91. The fraction of sp³-hybridized carbons (Fsp3) is 0.444. The summed E-state index contributed by atoms with van der Waals surface area (Å²) in [5.41, 5.74) is 2.49. The first-order valence-electron chi connectivity index (χ1n) is 3.80. The van der Waals surface area contributed by atoms with Gasteiger partial charge in [0.05, 0.1) is 17.3 Å². The van der Waals surface area contributed by atoms with Gasteiger partial charge >= 0.3 is 0 Å². The number of nitrogens with zero attached hydrogens (tertiary/aromatic N) is 1. The van der Waals surface area contributed by atoms with E-state index in [1.807, 2.05) is 5.38 Å². The Morgan fingerprint density at radius 1 is 1.75 bits per heavy atom. The van der Waals surface area contributed by atoms with Crippen LogP contribution in [0.15, 0.2) is 10.9 Å². The molecule has 0 aromatic carbocycles. The molecule has 0 aliphatic carbocycles. The summed E-state index contributed by atoms with van der Waals surface area (Å²) in [7, 11) is 0. The lowest BCUT2D eigenvalue weighted by Gasteiger charge is -2.03. The van der Waals surface area contributed by atoms with E-state index in [1.54, 1.807) is 12.4 Å². The van der Waals surface area contributed by atoms with Gasteiger partial charge in [0, 0.05) is 11.8 Å². The average molecular weight is 181 g/mol. The third-order valence-corrected chi connectivity index (χ3v) is 2.12. The minimum Gasteiger partial charge on any atom is -0.387 e. The van der Waals surface area contributed by atoms with E-state index in [0.29, 0.717) is 6.42 Å². The van der Waals surface area contributed by atoms with Crippen molar-refractivity contribution in [3.8, 4) is 11.8 Å². The molecule has 1 N–H and O–H groups in total. The number of aliphatic hydroxyl groups excluding tert-OH is 1. The third kappa shape index (κ3) is 2.65. The van der Waals surface area contributed by atoms with Crippen LogP contribution < -0.4 is 0 Å². The van der Waals surface area contributed by atoms with Crippen LogP contribution in [0.25, 0.3) is 0 Å². The van der Waals surface area contributed by atoms with Gasteiger partial charge in [-0.05, 0) is 13.3 Å². The van der Waals surface area contributed by atoms with E-state index < -0.39 is 6.10 Å². The Balaban J connectivity index is 2.37. The molecule has 0 saturated heterocycles. The van der Waals surface area contributed by atoms with Gasteiger partial charge in [0.25, 0.3) is 0 Å². The van der Waals surface area contributed by atoms with Crippen LogP contribution in [0.4, 0.5) is 0 Å². The van der Waals surface area contributed by atoms with Crippen LogP contribution >= 0.6 is 11.3 Å². The highest BCUT2D eigenvalue weighted by atomic mass is 32.1. The van der Waals surface area contributed by atoms with E-state index >= 15 is 0 Å². The highest BCUT2D eigenvalue weighted by Crippen LogP contribution is 2.17. The Morgan fingerprint density at radius 2 is 2.58 bits per heavy atom. The minimum absolute atomic E-state index is 0.447. The molecule has 1 aromatic heterocycles. The second-order valence-corrected chi connectivity index (χ2v) is 3.11. The number of hydrogen-bond donors (Lipinski definition) is 1. The zero-order valence-corrected chi connectivity index (χ0v) is 7.77. The quantitative estimate of drug-likeness (QED) is 0.723. The van der Waals surface area contributed by atoms with E-state index in [4.69, 9.17) is 0 Å². The average Bonchev–Trinajstić information content (AvgIpc) is 2.56. The molecule has 1 atom stereocenters. The topological polar surface area (TPSA) is 33.1 Å². The normalized spacial score (nSPS) is 11.8. The summed E-state index contributed by atoms with van der Waals surface area (Å²) in [5, 5.41) is 11.4. The Kier molecular flexibility index (Phi) is 3.78. The maximum absolute atomic E-state index is 9.51. The molecular formula is C9H11NOS. The van der Waals surface area contributed by atoms with Crippen molar-refractivity contribution in [2.24, 2.45) is 0 Å². The molecule has 0 bridgehead atoms. The van der Waals surface area contributed by atoms with Gasteiger partial charge in [0.2, 0.25) is 0 Å². The number of hydrogen-bond acceptors (Lipinski definition) is 3. The SMILES string of the molecule is CC#CCCC(O)c1cscn1. The van der Waals surface area contributed by atoms with E-state index in [2.05, 4.69) is 16.8 Å². The van der Waals surface area contributed by atoms with Crippen molar-refractivity contribution < 1.29 is 5.11 Å². The fourth-order valence-corrected chi connectivity index (χ4v) is 1.47.